The lowest BCUT2D eigenvalue weighted by Crippen LogP contribution is -2.56. The van der Waals surface area contributed by atoms with Crippen molar-refractivity contribution in [1.29, 1.82) is 0 Å². The molecule has 0 amide bonds. The highest BCUT2D eigenvalue weighted by Gasteiger charge is 2.25. The largest absolute Gasteiger partial charge is 0.353 e. The number of hydrogen-bond donors (Lipinski definition) is 1. The van der Waals surface area contributed by atoms with Crippen LogP contribution >= 0.6 is 0 Å². The third-order valence-electron chi connectivity index (χ3n) is 2.79. The maximum absolute atomic E-state index is 13.2. The number of anilines is 1. The first kappa shape index (κ1) is 9.47. The second kappa shape index (κ2) is 3.38. The Balaban J connectivity index is 2.13. The minimum Gasteiger partial charge on any atom is -0.353 e. The van der Waals surface area contributed by atoms with Gasteiger partial charge in [0.2, 0.25) is 0 Å². The molecule has 0 atom stereocenters. The fourth-order valence-corrected chi connectivity index (χ4v) is 1.95. The van der Waals surface area contributed by atoms with Crippen LogP contribution in [0.25, 0.3) is 10.9 Å². The van der Waals surface area contributed by atoms with Crippen molar-refractivity contribution in [2.75, 3.05) is 18.0 Å². The van der Waals surface area contributed by atoms with E-state index >= 15 is 0 Å². The van der Waals surface area contributed by atoms with Crippen LogP contribution < -0.4 is 10.6 Å². The van der Waals surface area contributed by atoms with E-state index in [9.17, 15) is 4.39 Å². The molecule has 1 aliphatic rings. The number of nitrogens with zero attached hydrogens (tertiary/aromatic N) is 3. The van der Waals surface area contributed by atoms with Crippen molar-refractivity contribution in [2.24, 2.45) is 5.73 Å². The smallest absolute Gasteiger partial charge is 0.140 e. The molecule has 0 unspecified atom stereocenters. The second-order valence-electron chi connectivity index (χ2n) is 4.02. The zero-order chi connectivity index (χ0) is 11.1. The summed E-state index contributed by atoms with van der Waals surface area (Å²) in [5, 5.41) is 0.745. The van der Waals surface area contributed by atoms with Gasteiger partial charge >= 0.3 is 0 Å². The van der Waals surface area contributed by atoms with Gasteiger partial charge < -0.3 is 10.6 Å². The second-order valence-corrected chi connectivity index (χ2v) is 4.02. The van der Waals surface area contributed by atoms with Crippen LogP contribution in [-0.4, -0.2) is 29.1 Å². The standard InChI is InChI=1S/C11H11FN4/c12-7-1-2-10-9(3-7)11(15-6-14-10)16-4-8(13)5-16/h1-3,6,8H,4-5,13H2. The highest BCUT2D eigenvalue weighted by molar-refractivity contribution is 5.89. The number of nitrogens with two attached hydrogens (primary N) is 1. The van der Waals surface area contributed by atoms with Gasteiger partial charge in [-0.1, -0.05) is 0 Å². The highest BCUT2D eigenvalue weighted by atomic mass is 19.1. The lowest BCUT2D eigenvalue weighted by molar-refractivity contribution is 0.516. The van der Waals surface area contributed by atoms with Gasteiger partial charge in [0.15, 0.2) is 0 Å². The van der Waals surface area contributed by atoms with Gasteiger partial charge in [-0.15, -0.1) is 0 Å². The van der Waals surface area contributed by atoms with Crippen LogP contribution in [0, 0.1) is 5.82 Å². The molecule has 3 rings (SSSR count). The van der Waals surface area contributed by atoms with Crippen LogP contribution in [0.15, 0.2) is 24.5 Å². The van der Waals surface area contributed by atoms with E-state index in [4.69, 9.17) is 5.73 Å². The van der Waals surface area contributed by atoms with E-state index < -0.39 is 0 Å². The number of rotatable bonds is 1. The summed E-state index contributed by atoms with van der Waals surface area (Å²) in [5.41, 5.74) is 6.48. The number of halogens is 1. The van der Waals surface area contributed by atoms with Crippen molar-refractivity contribution in [1.82, 2.24) is 9.97 Å². The van der Waals surface area contributed by atoms with Crippen LogP contribution in [0.2, 0.25) is 0 Å². The average Bonchev–Trinajstić information content (AvgIpc) is 2.24. The Morgan fingerprint density at radius 3 is 2.88 bits per heavy atom. The van der Waals surface area contributed by atoms with E-state index in [0.29, 0.717) is 0 Å². The summed E-state index contributed by atoms with van der Waals surface area (Å²) in [6, 6.07) is 4.73. The Kier molecular flexibility index (Phi) is 2.00. The van der Waals surface area contributed by atoms with Gasteiger partial charge in [0.25, 0.3) is 0 Å². The van der Waals surface area contributed by atoms with Gasteiger partial charge in [0.1, 0.15) is 18.0 Å². The molecule has 2 heterocycles. The summed E-state index contributed by atoms with van der Waals surface area (Å²) in [5.74, 6) is 0.500. The summed E-state index contributed by atoms with van der Waals surface area (Å²) in [6.45, 7) is 1.53. The SMILES string of the molecule is NC1CN(c2ncnc3ccc(F)cc23)C1. The van der Waals surface area contributed by atoms with Crippen LogP contribution in [0.1, 0.15) is 0 Å². The molecule has 2 N–H and O–H groups in total. The zero-order valence-corrected chi connectivity index (χ0v) is 8.60. The molecule has 1 aromatic carbocycles. The third kappa shape index (κ3) is 1.40. The Morgan fingerprint density at radius 1 is 1.31 bits per heavy atom. The van der Waals surface area contributed by atoms with Crippen LogP contribution in [-0.2, 0) is 0 Å². The molecule has 82 valence electrons. The van der Waals surface area contributed by atoms with Gasteiger partial charge in [0.05, 0.1) is 5.52 Å². The first-order chi connectivity index (χ1) is 7.74. The topological polar surface area (TPSA) is 55.0 Å². The molecule has 0 saturated carbocycles. The Bertz CT molecular complexity index is 536. The molecule has 2 aromatic rings. The number of aromatic nitrogens is 2. The van der Waals surface area contributed by atoms with E-state index in [1.807, 2.05) is 4.90 Å². The molecule has 1 saturated heterocycles. The molecule has 16 heavy (non-hydrogen) atoms. The molecule has 1 fully saturated rings. The third-order valence-corrected chi connectivity index (χ3v) is 2.79. The van der Waals surface area contributed by atoms with Crippen molar-refractivity contribution in [2.45, 2.75) is 6.04 Å². The number of benzene rings is 1. The molecule has 5 heteroatoms. The normalized spacial score (nSPS) is 16.5. The Morgan fingerprint density at radius 2 is 2.12 bits per heavy atom. The predicted octanol–water partition coefficient (Wildman–Crippen LogP) is 0.916. The monoisotopic (exact) mass is 218 g/mol. The molecular weight excluding hydrogens is 207 g/mol. The van der Waals surface area contributed by atoms with Crippen LogP contribution in [0.3, 0.4) is 0 Å². The van der Waals surface area contributed by atoms with E-state index in [0.717, 1.165) is 29.8 Å². The van der Waals surface area contributed by atoms with Crippen molar-refractivity contribution in [3.63, 3.8) is 0 Å². The lowest BCUT2D eigenvalue weighted by atomic mass is 10.1. The quantitative estimate of drug-likeness (QED) is 0.773. The van der Waals surface area contributed by atoms with E-state index in [2.05, 4.69) is 9.97 Å². The van der Waals surface area contributed by atoms with Gasteiger partial charge in [-0.05, 0) is 18.2 Å². The molecule has 1 aromatic heterocycles. The van der Waals surface area contributed by atoms with Gasteiger partial charge in [0, 0.05) is 24.5 Å². The summed E-state index contributed by atoms with van der Waals surface area (Å²) >= 11 is 0. The van der Waals surface area contributed by atoms with Crippen molar-refractivity contribution in [3.05, 3.63) is 30.3 Å². The summed E-state index contributed by atoms with van der Waals surface area (Å²) in [7, 11) is 0. The van der Waals surface area contributed by atoms with Gasteiger partial charge in [-0.2, -0.15) is 0 Å². The maximum atomic E-state index is 13.2. The first-order valence-electron chi connectivity index (χ1n) is 5.15. The van der Waals surface area contributed by atoms with E-state index in [1.165, 1.54) is 18.5 Å². The van der Waals surface area contributed by atoms with Crippen molar-refractivity contribution in [3.8, 4) is 0 Å². The zero-order valence-electron chi connectivity index (χ0n) is 8.60. The lowest BCUT2D eigenvalue weighted by Gasteiger charge is -2.38. The molecule has 0 bridgehead atoms. The fraction of sp³-hybridized carbons (Fsp3) is 0.273. The molecule has 0 spiro atoms. The molecule has 1 aliphatic heterocycles. The summed E-state index contributed by atoms with van der Waals surface area (Å²) in [4.78, 5) is 10.3. The first-order valence-corrected chi connectivity index (χ1v) is 5.15. The minimum absolute atomic E-state index is 0.193. The molecule has 0 radical (unpaired) electrons. The molecule has 4 nitrogen and oxygen atoms in total. The Hall–Kier alpha value is -1.75. The van der Waals surface area contributed by atoms with E-state index in [-0.39, 0.29) is 11.9 Å². The van der Waals surface area contributed by atoms with Crippen molar-refractivity contribution < 1.29 is 4.39 Å². The highest BCUT2D eigenvalue weighted by Crippen LogP contribution is 2.26. The number of fused-ring (bicyclic) bond motifs is 1. The predicted molar refractivity (Wildman–Crippen MR) is 59.7 cm³/mol. The van der Waals surface area contributed by atoms with Gasteiger partial charge in [-0.3, -0.25) is 0 Å². The fourth-order valence-electron chi connectivity index (χ4n) is 1.95. The minimum atomic E-state index is -0.270. The van der Waals surface area contributed by atoms with Crippen LogP contribution in [0.4, 0.5) is 10.2 Å². The van der Waals surface area contributed by atoms with Crippen molar-refractivity contribution >= 4 is 16.7 Å². The average molecular weight is 218 g/mol. The maximum Gasteiger partial charge on any atom is 0.140 e. The van der Waals surface area contributed by atoms with Crippen LogP contribution in [0.5, 0.6) is 0 Å². The summed E-state index contributed by atoms with van der Waals surface area (Å²) < 4.78 is 13.2. The van der Waals surface area contributed by atoms with Gasteiger partial charge in [-0.25, -0.2) is 14.4 Å². The number of hydrogen-bond acceptors (Lipinski definition) is 4. The molecular formula is C11H11FN4. The van der Waals surface area contributed by atoms with E-state index in [1.54, 1.807) is 6.07 Å². The summed E-state index contributed by atoms with van der Waals surface area (Å²) in [6.07, 6.45) is 1.50. The molecule has 0 aliphatic carbocycles. The Labute approximate surface area is 91.9 Å².